The minimum Gasteiger partial charge on any atom is -0.373 e. The number of morpholine rings is 1. The normalized spacial score (nSPS) is 30.4. The Labute approximate surface area is 175 Å². The van der Waals surface area contributed by atoms with Crippen molar-refractivity contribution in [3.05, 3.63) is 29.1 Å². The third-order valence-corrected chi connectivity index (χ3v) is 6.63. The SMILES string of the molecule is CCC.O=C(C1CCC(N2CC3OCC32)C1)N1CCc2ncc(C(F)(F)F)cc2C1. The van der Waals surface area contributed by atoms with Gasteiger partial charge in [-0.1, -0.05) is 20.3 Å². The summed E-state index contributed by atoms with van der Waals surface area (Å²) in [6.07, 6.45) is 1.38. The van der Waals surface area contributed by atoms with Crippen molar-refractivity contribution < 1.29 is 22.7 Å². The van der Waals surface area contributed by atoms with Crippen LogP contribution in [0.3, 0.4) is 0 Å². The molecule has 0 aromatic carbocycles. The molecular weight excluding hydrogens is 395 g/mol. The molecule has 1 amide bonds. The van der Waals surface area contributed by atoms with Crippen molar-refractivity contribution in [2.75, 3.05) is 19.7 Å². The van der Waals surface area contributed by atoms with E-state index in [2.05, 4.69) is 23.7 Å². The van der Waals surface area contributed by atoms with Gasteiger partial charge < -0.3 is 9.64 Å². The quantitative estimate of drug-likeness (QED) is 0.726. The van der Waals surface area contributed by atoms with Crippen LogP contribution in [-0.2, 0) is 28.7 Å². The summed E-state index contributed by atoms with van der Waals surface area (Å²) in [7, 11) is 0. The number of carbonyl (C=O) groups excluding carboxylic acids is 1. The Morgan fingerprint density at radius 2 is 2.07 bits per heavy atom. The first-order chi connectivity index (χ1) is 14.3. The molecule has 0 bridgehead atoms. The number of pyridine rings is 1. The zero-order valence-electron chi connectivity index (χ0n) is 17.6. The largest absolute Gasteiger partial charge is 0.417 e. The second-order valence-corrected chi connectivity index (χ2v) is 8.84. The average Bonchev–Trinajstić information content (AvgIpc) is 3.18. The van der Waals surface area contributed by atoms with E-state index >= 15 is 0 Å². The maximum atomic E-state index is 13.0. The zero-order chi connectivity index (χ0) is 21.5. The Morgan fingerprint density at radius 3 is 2.67 bits per heavy atom. The third-order valence-electron chi connectivity index (χ3n) is 6.63. The molecule has 1 aliphatic carbocycles. The van der Waals surface area contributed by atoms with Gasteiger partial charge in [0.2, 0.25) is 5.91 Å². The Bertz CT molecular complexity index is 785. The Morgan fingerprint density at radius 1 is 1.30 bits per heavy atom. The zero-order valence-corrected chi connectivity index (χ0v) is 17.6. The van der Waals surface area contributed by atoms with Gasteiger partial charge in [-0.3, -0.25) is 14.7 Å². The molecule has 4 unspecified atom stereocenters. The van der Waals surface area contributed by atoms with Crippen molar-refractivity contribution >= 4 is 5.91 Å². The van der Waals surface area contributed by atoms with Gasteiger partial charge in [-0.15, -0.1) is 0 Å². The van der Waals surface area contributed by atoms with E-state index < -0.39 is 11.7 Å². The maximum absolute atomic E-state index is 13.0. The fourth-order valence-electron chi connectivity index (χ4n) is 4.94. The van der Waals surface area contributed by atoms with Gasteiger partial charge >= 0.3 is 6.18 Å². The number of alkyl halides is 3. The first kappa shape index (κ1) is 21.6. The van der Waals surface area contributed by atoms with Gasteiger partial charge in [-0.25, -0.2) is 0 Å². The first-order valence-corrected chi connectivity index (χ1v) is 11.0. The molecule has 5 rings (SSSR count). The van der Waals surface area contributed by atoms with Crippen LogP contribution < -0.4 is 0 Å². The van der Waals surface area contributed by atoms with Crippen LogP contribution in [0.1, 0.15) is 56.4 Å². The summed E-state index contributed by atoms with van der Waals surface area (Å²) in [5.74, 6) is 0.0675. The van der Waals surface area contributed by atoms with Gasteiger partial charge in [0.15, 0.2) is 0 Å². The Balaban J connectivity index is 0.000000687. The van der Waals surface area contributed by atoms with Crippen LogP contribution in [0.5, 0.6) is 0 Å². The van der Waals surface area contributed by atoms with Gasteiger partial charge in [-0.05, 0) is 30.9 Å². The van der Waals surface area contributed by atoms with Gasteiger partial charge in [0.1, 0.15) is 0 Å². The van der Waals surface area contributed by atoms with Crippen molar-refractivity contribution in [2.45, 2.75) is 76.9 Å². The number of amides is 1. The van der Waals surface area contributed by atoms with Crippen LogP contribution in [0.15, 0.2) is 12.3 Å². The van der Waals surface area contributed by atoms with Crippen molar-refractivity contribution in [2.24, 2.45) is 5.92 Å². The van der Waals surface area contributed by atoms with Crippen molar-refractivity contribution in [1.82, 2.24) is 14.8 Å². The lowest BCUT2D eigenvalue weighted by atomic mass is 9.91. The molecule has 4 aliphatic rings. The highest BCUT2D eigenvalue weighted by Gasteiger charge is 2.51. The summed E-state index contributed by atoms with van der Waals surface area (Å²) >= 11 is 0. The van der Waals surface area contributed by atoms with E-state index in [9.17, 15) is 18.0 Å². The van der Waals surface area contributed by atoms with Crippen molar-refractivity contribution in [3.8, 4) is 0 Å². The number of halogens is 3. The Kier molecular flexibility index (Phi) is 6.08. The van der Waals surface area contributed by atoms with E-state index in [1.165, 1.54) is 6.42 Å². The summed E-state index contributed by atoms with van der Waals surface area (Å²) in [4.78, 5) is 21.1. The molecule has 1 aromatic heterocycles. The molecule has 1 saturated carbocycles. The number of nitrogens with zero attached hydrogens (tertiary/aromatic N) is 3. The van der Waals surface area contributed by atoms with Crippen molar-refractivity contribution in [1.29, 1.82) is 0 Å². The molecule has 0 radical (unpaired) electrons. The lowest BCUT2D eigenvalue weighted by molar-refractivity contribution is -0.226. The number of hydrogen-bond donors (Lipinski definition) is 0. The smallest absolute Gasteiger partial charge is 0.373 e. The number of aromatic nitrogens is 1. The van der Waals surface area contributed by atoms with E-state index in [1.54, 1.807) is 4.90 Å². The molecule has 3 aliphatic heterocycles. The maximum Gasteiger partial charge on any atom is 0.417 e. The standard InChI is InChI=1S/C19H22F3N3O2.C3H8/c20-19(21,22)13-5-12-8-24(4-3-15(12)23-7-13)18(26)11-1-2-14(6-11)25-9-17-16(25)10-27-17;1-3-2/h5,7,11,14,16-17H,1-4,6,8-10H2;3H2,1-2H3. The number of likely N-dealkylation sites (tertiary alicyclic amines) is 1. The minimum atomic E-state index is -4.41. The first-order valence-electron chi connectivity index (χ1n) is 11.0. The molecule has 0 N–H and O–H groups in total. The Hall–Kier alpha value is -1.67. The number of carbonyl (C=O) groups is 1. The van der Waals surface area contributed by atoms with Crippen LogP contribution in [0.4, 0.5) is 13.2 Å². The summed E-state index contributed by atoms with van der Waals surface area (Å²) < 4.78 is 44.3. The lowest BCUT2D eigenvalue weighted by Crippen LogP contribution is -2.72. The predicted octanol–water partition coefficient (Wildman–Crippen LogP) is 3.65. The summed E-state index contributed by atoms with van der Waals surface area (Å²) in [5, 5.41) is 0. The van der Waals surface area contributed by atoms with Gasteiger partial charge in [-0.2, -0.15) is 13.2 Å². The average molecular weight is 425 g/mol. The molecular formula is C22H30F3N3O2. The molecule has 5 nitrogen and oxygen atoms in total. The summed E-state index contributed by atoms with van der Waals surface area (Å²) in [5.41, 5.74) is 0.454. The minimum absolute atomic E-state index is 0.0182. The fourth-order valence-corrected chi connectivity index (χ4v) is 4.94. The van der Waals surface area contributed by atoms with Gasteiger partial charge in [0.05, 0.1) is 24.3 Å². The molecule has 30 heavy (non-hydrogen) atoms. The fraction of sp³-hybridized carbons (Fsp3) is 0.727. The van der Waals surface area contributed by atoms with E-state index in [-0.39, 0.29) is 18.4 Å². The van der Waals surface area contributed by atoms with E-state index in [1.807, 2.05) is 0 Å². The molecule has 4 atom stereocenters. The highest BCUT2D eigenvalue weighted by Crippen LogP contribution is 2.40. The highest BCUT2D eigenvalue weighted by molar-refractivity contribution is 5.79. The number of rotatable bonds is 2. The van der Waals surface area contributed by atoms with Crippen LogP contribution in [0.25, 0.3) is 0 Å². The monoisotopic (exact) mass is 425 g/mol. The van der Waals surface area contributed by atoms with Gasteiger partial charge in [0.25, 0.3) is 0 Å². The number of fused-ring (bicyclic) bond motifs is 2. The number of hydrogen-bond acceptors (Lipinski definition) is 4. The lowest BCUT2D eigenvalue weighted by Gasteiger charge is -2.57. The van der Waals surface area contributed by atoms with Crippen LogP contribution in [0.2, 0.25) is 0 Å². The molecule has 4 heterocycles. The van der Waals surface area contributed by atoms with Crippen molar-refractivity contribution in [3.63, 3.8) is 0 Å². The molecule has 8 heteroatoms. The molecule has 2 saturated heterocycles. The number of ether oxygens (including phenoxy) is 1. The second kappa shape index (κ2) is 8.46. The van der Waals surface area contributed by atoms with Crippen LogP contribution in [-0.4, -0.2) is 58.6 Å². The summed E-state index contributed by atoms with van der Waals surface area (Å²) in [6.45, 7) is 6.79. The van der Waals surface area contributed by atoms with Crippen LogP contribution >= 0.6 is 0 Å². The molecule has 3 fully saturated rings. The summed E-state index contributed by atoms with van der Waals surface area (Å²) in [6, 6.07) is 2.13. The predicted molar refractivity (Wildman–Crippen MR) is 106 cm³/mol. The molecule has 1 aromatic rings. The second-order valence-electron chi connectivity index (χ2n) is 8.84. The highest BCUT2D eigenvalue weighted by atomic mass is 19.4. The molecule has 0 spiro atoms. The molecule has 166 valence electrons. The van der Waals surface area contributed by atoms with E-state index in [0.717, 1.165) is 44.7 Å². The van der Waals surface area contributed by atoms with Crippen LogP contribution in [0, 0.1) is 5.92 Å². The van der Waals surface area contributed by atoms with E-state index in [0.29, 0.717) is 42.4 Å². The third kappa shape index (κ3) is 4.08. The van der Waals surface area contributed by atoms with Gasteiger partial charge in [0, 0.05) is 49.9 Å². The topological polar surface area (TPSA) is 45.7 Å². The van der Waals surface area contributed by atoms with E-state index in [4.69, 9.17) is 4.74 Å².